The minimum atomic E-state index is -0.595. The molecule has 0 saturated carbocycles. The summed E-state index contributed by atoms with van der Waals surface area (Å²) in [5.74, 6) is -0.110. The number of nitrogens with one attached hydrogen (secondary N) is 2. The highest BCUT2D eigenvalue weighted by atomic mass is 16.5. The minimum absolute atomic E-state index is 0.0457. The fourth-order valence-corrected chi connectivity index (χ4v) is 5.18. The van der Waals surface area contributed by atoms with Crippen LogP contribution in [0.4, 0.5) is 16.2 Å². The molecule has 0 radical (unpaired) electrons. The maximum Gasteiger partial charge on any atom is 0.412 e. The Bertz CT molecular complexity index is 1330. The van der Waals surface area contributed by atoms with Crippen molar-refractivity contribution in [2.45, 2.75) is 19.4 Å². The van der Waals surface area contributed by atoms with E-state index in [0.29, 0.717) is 56.1 Å². The summed E-state index contributed by atoms with van der Waals surface area (Å²) in [6.07, 6.45) is 4.29. The Kier molecular flexibility index (Phi) is 9.43. The van der Waals surface area contributed by atoms with Gasteiger partial charge < -0.3 is 24.8 Å². The molecule has 41 heavy (non-hydrogen) atoms. The molecule has 0 bridgehead atoms. The molecule has 2 fully saturated rings. The zero-order chi connectivity index (χ0) is 28.4. The van der Waals surface area contributed by atoms with Crippen LogP contribution in [0.15, 0.2) is 73.1 Å². The van der Waals surface area contributed by atoms with Gasteiger partial charge in [-0.2, -0.15) is 0 Å². The van der Waals surface area contributed by atoms with E-state index in [0.717, 1.165) is 37.2 Å². The number of rotatable bonds is 6. The van der Waals surface area contributed by atoms with Gasteiger partial charge in [-0.3, -0.25) is 19.9 Å². The summed E-state index contributed by atoms with van der Waals surface area (Å²) in [5.41, 5.74) is 3.25. The van der Waals surface area contributed by atoms with E-state index in [1.54, 1.807) is 30.6 Å². The molecule has 2 saturated heterocycles. The first-order chi connectivity index (χ1) is 20.1. The molecule has 10 heteroatoms. The average molecular weight is 557 g/mol. The van der Waals surface area contributed by atoms with Gasteiger partial charge in [0, 0.05) is 63.8 Å². The second-order valence-corrected chi connectivity index (χ2v) is 10.2. The predicted molar refractivity (Wildman–Crippen MR) is 157 cm³/mol. The van der Waals surface area contributed by atoms with Crippen molar-refractivity contribution >= 4 is 29.3 Å². The van der Waals surface area contributed by atoms with Crippen LogP contribution >= 0.6 is 0 Å². The minimum Gasteiger partial charge on any atom is -0.444 e. The van der Waals surface area contributed by atoms with E-state index in [9.17, 15) is 14.4 Å². The van der Waals surface area contributed by atoms with Crippen LogP contribution in [0.25, 0.3) is 0 Å². The van der Waals surface area contributed by atoms with E-state index in [1.807, 2.05) is 52.3 Å². The van der Waals surface area contributed by atoms with Gasteiger partial charge in [0.15, 0.2) is 0 Å². The van der Waals surface area contributed by atoms with Crippen LogP contribution in [-0.2, 0) is 11.3 Å². The van der Waals surface area contributed by atoms with Gasteiger partial charge in [-0.1, -0.05) is 30.3 Å². The molecule has 2 aromatic carbocycles. The van der Waals surface area contributed by atoms with Crippen LogP contribution in [0.2, 0.25) is 0 Å². The molecule has 3 amide bonds. The first kappa shape index (κ1) is 28.1. The lowest BCUT2D eigenvalue weighted by molar-refractivity contribution is 0.0758. The molecule has 2 N–H and O–H groups in total. The summed E-state index contributed by atoms with van der Waals surface area (Å²) >= 11 is 0. The summed E-state index contributed by atoms with van der Waals surface area (Å²) in [7, 11) is 0. The van der Waals surface area contributed by atoms with Crippen molar-refractivity contribution in [2.75, 3.05) is 62.6 Å². The summed E-state index contributed by atoms with van der Waals surface area (Å²) in [6, 6.07) is 18.5. The van der Waals surface area contributed by atoms with Crippen molar-refractivity contribution in [3.63, 3.8) is 0 Å². The lowest BCUT2D eigenvalue weighted by atomic mass is 10.1. The van der Waals surface area contributed by atoms with Crippen molar-refractivity contribution in [2.24, 2.45) is 0 Å². The second kappa shape index (κ2) is 13.8. The van der Waals surface area contributed by atoms with Gasteiger partial charge in [0.05, 0.1) is 16.9 Å². The fraction of sp³-hybridized carbons (Fsp3) is 0.355. The number of aromatic nitrogens is 1. The molecule has 1 aromatic heterocycles. The van der Waals surface area contributed by atoms with Crippen LogP contribution in [0, 0.1) is 0 Å². The van der Waals surface area contributed by atoms with E-state index in [2.05, 4.69) is 20.5 Å². The lowest BCUT2D eigenvalue weighted by Gasteiger charge is -2.27. The standard InChI is InChI=1S/C31H36N6O4/c38-29(36-15-5-13-32-14-18-36)25-10-11-28(27(21-25)34-31(40)41-23-24-7-2-1-3-8-24)35-16-6-17-37(20-19-35)30(39)26-9-4-12-33-22-26/h1-4,7-12,21-22,32H,5-6,13-20,23H2,(H,34,40). The second-order valence-electron chi connectivity index (χ2n) is 10.2. The van der Waals surface area contributed by atoms with Crippen LogP contribution in [0.5, 0.6) is 0 Å². The number of benzene rings is 2. The Labute approximate surface area is 240 Å². The van der Waals surface area contributed by atoms with E-state index in [-0.39, 0.29) is 18.4 Å². The van der Waals surface area contributed by atoms with Gasteiger partial charge in [0.1, 0.15) is 6.61 Å². The topological polar surface area (TPSA) is 107 Å². The van der Waals surface area contributed by atoms with E-state index < -0.39 is 6.09 Å². The monoisotopic (exact) mass is 556 g/mol. The molecule has 0 spiro atoms. The van der Waals surface area contributed by atoms with Gasteiger partial charge >= 0.3 is 6.09 Å². The molecular weight excluding hydrogens is 520 g/mol. The van der Waals surface area contributed by atoms with Crippen molar-refractivity contribution in [3.05, 3.63) is 89.7 Å². The van der Waals surface area contributed by atoms with Crippen LogP contribution in [0.1, 0.15) is 39.1 Å². The number of nitrogens with zero attached hydrogens (tertiary/aromatic N) is 4. The Morgan fingerprint density at radius 1 is 0.805 bits per heavy atom. The molecule has 3 heterocycles. The van der Waals surface area contributed by atoms with Crippen molar-refractivity contribution in [3.8, 4) is 0 Å². The van der Waals surface area contributed by atoms with Gasteiger partial charge in [-0.25, -0.2) is 4.79 Å². The fourth-order valence-electron chi connectivity index (χ4n) is 5.18. The van der Waals surface area contributed by atoms with Crippen molar-refractivity contribution < 1.29 is 19.1 Å². The van der Waals surface area contributed by atoms with Gasteiger partial charge in [0.2, 0.25) is 0 Å². The zero-order valence-electron chi connectivity index (χ0n) is 23.1. The SMILES string of the molecule is O=C(Nc1cc(C(=O)N2CCCNCC2)ccc1N1CCCN(C(=O)c2cccnc2)CC1)OCc1ccccc1. The van der Waals surface area contributed by atoms with E-state index in [1.165, 1.54) is 0 Å². The number of ether oxygens (including phenoxy) is 1. The van der Waals surface area contributed by atoms with E-state index >= 15 is 0 Å². The number of anilines is 2. The first-order valence-electron chi connectivity index (χ1n) is 14.1. The van der Waals surface area contributed by atoms with Gasteiger partial charge in [-0.05, 0) is 55.3 Å². The highest BCUT2D eigenvalue weighted by Crippen LogP contribution is 2.29. The van der Waals surface area contributed by atoms with Crippen molar-refractivity contribution in [1.29, 1.82) is 0 Å². The summed E-state index contributed by atoms with van der Waals surface area (Å²) in [5, 5.41) is 6.22. The Morgan fingerprint density at radius 2 is 1.61 bits per heavy atom. The first-order valence-corrected chi connectivity index (χ1v) is 14.1. The quantitative estimate of drug-likeness (QED) is 0.478. The Morgan fingerprint density at radius 3 is 2.44 bits per heavy atom. The third kappa shape index (κ3) is 7.40. The number of amides is 3. The largest absolute Gasteiger partial charge is 0.444 e. The predicted octanol–water partition coefficient (Wildman–Crippen LogP) is 3.62. The molecule has 3 aromatic rings. The maximum atomic E-state index is 13.4. The molecule has 0 atom stereocenters. The van der Waals surface area contributed by atoms with Crippen LogP contribution in [-0.4, -0.2) is 85.0 Å². The average Bonchev–Trinajstić information content (AvgIpc) is 3.44. The van der Waals surface area contributed by atoms with Gasteiger partial charge in [0.25, 0.3) is 11.8 Å². The van der Waals surface area contributed by atoms with Crippen LogP contribution < -0.4 is 15.5 Å². The van der Waals surface area contributed by atoms with Crippen molar-refractivity contribution in [1.82, 2.24) is 20.1 Å². The smallest absolute Gasteiger partial charge is 0.412 e. The molecule has 0 unspecified atom stereocenters. The number of carbonyl (C=O) groups is 3. The number of hydrogen-bond donors (Lipinski definition) is 2. The third-order valence-corrected chi connectivity index (χ3v) is 7.35. The highest BCUT2D eigenvalue weighted by molar-refractivity contribution is 5.99. The molecule has 2 aliphatic rings. The van der Waals surface area contributed by atoms with E-state index in [4.69, 9.17) is 4.74 Å². The van der Waals surface area contributed by atoms with Crippen LogP contribution in [0.3, 0.4) is 0 Å². The normalized spacial score (nSPS) is 16.0. The summed E-state index contributed by atoms with van der Waals surface area (Å²) in [6.45, 7) is 5.49. The molecule has 214 valence electrons. The molecule has 0 aliphatic carbocycles. The maximum absolute atomic E-state index is 13.4. The summed E-state index contributed by atoms with van der Waals surface area (Å²) < 4.78 is 5.50. The Balaban J connectivity index is 1.34. The summed E-state index contributed by atoms with van der Waals surface area (Å²) in [4.78, 5) is 49.2. The Hall–Kier alpha value is -4.44. The number of carbonyl (C=O) groups excluding carboxylic acids is 3. The molecule has 5 rings (SSSR count). The molecule has 2 aliphatic heterocycles. The van der Waals surface area contributed by atoms with Gasteiger partial charge in [-0.15, -0.1) is 0 Å². The highest BCUT2D eigenvalue weighted by Gasteiger charge is 2.24. The lowest BCUT2D eigenvalue weighted by Crippen LogP contribution is -2.35. The number of hydrogen-bond acceptors (Lipinski definition) is 7. The third-order valence-electron chi connectivity index (χ3n) is 7.35. The molecular formula is C31H36N6O4. The molecule has 10 nitrogen and oxygen atoms in total. The number of pyridine rings is 1. The zero-order valence-corrected chi connectivity index (χ0v) is 23.1.